The van der Waals surface area contributed by atoms with Crippen molar-refractivity contribution in [3.63, 3.8) is 0 Å². The number of hydrogen-bond donors (Lipinski definition) is 0. The van der Waals surface area contributed by atoms with Crippen LogP contribution in [-0.4, -0.2) is 22.7 Å². The van der Waals surface area contributed by atoms with Crippen molar-refractivity contribution in [1.29, 1.82) is 0 Å². The van der Waals surface area contributed by atoms with Gasteiger partial charge in [-0.3, -0.25) is 4.79 Å². The smallest absolute Gasteiger partial charge is 0.318 e. The van der Waals surface area contributed by atoms with E-state index in [1.165, 1.54) is 23.6 Å². The van der Waals surface area contributed by atoms with Crippen molar-refractivity contribution in [1.82, 2.24) is 9.72 Å². The highest BCUT2D eigenvalue weighted by molar-refractivity contribution is 7.16. The first-order valence-corrected chi connectivity index (χ1v) is 7.21. The Bertz CT molecular complexity index is 846. The lowest BCUT2D eigenvalue weighted by Crippen LogP contribution is -2.15. The minimum Gasteiger partial charge on any atom is -0.497 e. The molecule has 108 valence electrons. The first kappa shape index (κ1) is 13.6. The molecule has 2 heterocycles. The zero-order chi connectivity index (χ0) is 14.8. The van der Waals surface area contributed by atoms with Crippen molar-refractivity contribution in [3.8, 4) is 5.75 Å². The first-order valence-electron chi connectivity index (χ1n) is 6.40. The van der Waals surface area contributed by atoms with Crippen molar-refractivity contribution in [2.24, 2.45) is 4.99 Å². The number of carbonyl (C=O) groups excluding carboxylic acids is 1. The maximum atomic E-state index is 12.0. The predicted molar refractivity (Wildman–Crippen MR) is 78.4 cm³/mol. The maximum absolute atomic E-state index is 12.0. The van der Waals surface area contributed by atoms with Crippen molar-refractivity contribution in [2.75, 3.05) is 7.11 Å². The summed E-state index contributed by atoms with van der Waals surface area (Å²) in [7, 11) is 1.63. The molecule has 0 bridgehead atoms. The average molecular weight is 303 g/mol. The number of hydrogen-bond acceptors (Lipinski definition) is 5. The molecule has 21 heavy (non-hydrogen) atoms. The number of rotatable bonds is 3. The van der Waals surface area contributed by atoms with E-state index >= 15 is 0 Å². The fourth-order valence-electron chi connectivity index (χ4n) is 2.04. The standard InChI is InChI=1S/C14H13N3O3S/c1-3-17-10-5-4-9(19-2)8-12(10)21-14(17)16-13(18)11-6-7-15-20-11/h4-8H,3H2,1-2H3. The highest BCUT2D eigenvalue weighted by Crippen LogP contribution is 2.23. The Hall–Kier alpha value is -2.41. The van der Waals surface area contributed by atoms with Gasteiger partial charge in [-0.25, -0.2) is 0 Å². The molecule has 6 nitrogen and oxygen atoms in total. The largest absolute Gasteiger partial charge is 0.497 e. The number of thiazole rings is 1. The average Bonchev–Trinajstić information content (AvgIpc) is 3.13. The van der Waals surface area contributed by atoms with Gasteiger partial charge in [0.1, 0.15) is 5.75 Å². The van der Waals surface area contributed by atoms with Crippen LogP contribution in [0.15, 0.2) is 40.0 Å². The number of aryl methyl sites for hydroxylation is 1. The molecule has 0 fully saturated rings. The molecule has 0 atom stereocenters. The number of carbonyl (C=O) groups is 1. The predicted octanol–water partition coefficient (Wildman–Crippen LogP) is 2.46. The number of methoxy groups -OCH3 is 1. The molecule has 0 radical (unpaired) electrons. The minimum atomic E-state index is -0.437. The van der Waals surface area contributed by atoms with Crippen LogP contribution >= 0.6 is 11.3 Å². The Morgan fingerprint density at radius 1 is 1.48 bits per heavy atom. The topological polar surface area (TPSA) is 69.6 Å². The lowest BCUT2D eigenvalue weighted by molar-refractivity contribution is 0.0962. The fourth-order valence-corrected chi connectivity index (χ4v) is 3.16. The zero-order valence-corrected chi connectivity index (χ0v) is 12.4. The van der Waals surface area contributed by atoms with Crippen molar-refractivity contribution in [2.45, 2.75) is 13.5 Å². The summed E-state index contributed by atoms with van der Waals surface area (Å²) in [5.74, 6) is 0.473. The van der Waals surface area contributed by atoms with E-state index in [-0.39, 0.29) is 5.76 Å². The lowest BCUT2D eigenvalue weighted by atomic mass is 10.3. The Balaban J connectivity index is 2.15. The lowest BCUT2D eigenvalue weighted by Gasteiger charge is -2.01. The van der Waals surface area contributed by atoms with Crippen LogP contribution in [0.3, 0.4) is 0 Å². The molecule has 2 aromatic heterocycles. The molecular formula is C14H13N3O3S. The molecular weight excluding hydrogens is 290 g/mol. The van der Waals surface area contributed by atoms with Crippen molar-refractivity contribution in [3.05, 3.63) is 41.0 Å². The van der Waals surface area contributed by atoms with Gasteiger partial charge in [0.05, 0.1) is 23.5 Å². The molecule has 0 aliphatic rings. The summed E-state index contributed by atoms with van der Waals surface area (Å²) >= 11 is 1.44. The van der Waals surface area contributed by atoms with Crippen LogP contribution in [0.5, 0.6) is 5.75 Å². The molecule has 3 aromatic rings. The normalized spacial score (nSPS) is 12.0. The van der Waals surface area contributed by atoms with Crippen LogP contribution in [0.1, 0.15) is 17.5 Å². The number of aromatic nitrogens is 2. The SMILES string of the molecule is CCn1c(=NC(=O)c2ccno2)sc2cc(OC)ccc21. The second-order valence-corrected chi connectivity index (χ2v) is 5.27. The molecule has 0 aliphatic carbocycles. The third kappa shape index (κ3) is 2.47. The number of ether oxygens (including phenoxy) is 1. The van der Waals surface area contributed by atoms with Crippen LogP contribution in [-0.2, 0) is 6.54 Å². The summed E-state index contributed by atoms with van der Waals surface area (Å²) in [5.41, 5.74) is 1.02. The third-order valence-electron chi connectivity index (χ3n) is 3.05. The van der Waals surface area contributed by atoms with E-state index in [0.717, 1.165) is 22.5 Å². The van der Waals surface area contributed by atoms with E-state index < -0.39 is 5.91 Å². The molecule has 7 heteroatoms. The van der Waals surface area contributed by atoms with E-state index in [1.807, 2.05) is 29.7 Å². The van der Waals surface area contributed by atoms with Gasteiger partial charge in [-0.1, -0.05) is 16.5 Å². The number of benzene rings is 1. The molecule has 1 amide bonds. The van der Waals surface area contributed by atoms with Gasteiger partial charge in [0.2, 0.25) is 5.76 Å². The highest BCUT2D eigenvalue weighted by atomic mass is 32.1. The summed E-state index contributed by atoms with van der Waals surface area (Å²) in [6, 6.07) is 7.29. The molecule has 0 saturated carbocycles. The first-order chi connectivity index (χ1) is 10.2. The van der Waals surface area contributed by atoms with E-state index in [9.17, 15) is 4.79 Å². The van der Waals surface area contributed by atoms with E-state index in [2.05, 4.69) is 10.1 Å². The number of fused-ring (bicyclic) bond motifs is 1. The molecule has 0 spiro atoms. The summed E-state index contributed by atoms with van der Waals surface area (Å²) in [6.07, 6.45) is 1.42. The second-order valence-electron chi connectivity index (χ2n) is 4.26. The molecule has 1 aromatic carbocycles. The quantitative estimate of drug-likeness (QED) is 0.745. The Morgan fingerprint density at radius 2 is 2.33 bits per heavy atom. The summed E-state index contributed by atoms with van der Waals surface area (Å²) < 4.78 is 13.0. The summed E-state index contributed by atoms with van der Waals surface area (Å²) in [4.78, 5) is 16.8. The van der Waals surface area contributed by atoms with Crippen molar-refractivity contribution >= 4 is 27.5 Å². The summed E-state index contributed by atoms with van der Waals surface area (Å²) in [5, 5.41) is 3.52. The minimum absolute atomic E-state index is 0.132. The van der Waals surface area contributed by atoms with Crippen LogP contribution < -0.4 is 9.54 Å². The monoisotopic (exact) mass is 303 g/mol. The van der Waals surface area contributed by atoms with Crippen LogP contribution in [0.25, 0.3) is 10.2 Å². The number of amides is 1. The van der Waals surface area contributed by atoms with Crippen molar-refractivity contribution < 1.29 is 14.1 Å². The molecule has 0 saturated heterocycles. The van der Waals surface area contributed by atoms with E-state index in [4.69, 9.17) is 9.26 Å². The third-order valence-corrected chi connectivity index (χ3v) is 4.09. The van der Waals surface area contributed by atoms with Crippen LogP contribution in [0.4, 0.5) is 0 Å². The van der Waals surface area contributed by atoms with Gasteiger partial charge in [-0.2, -0.15) is 4.99 Å². The van der Waals surface area contributed by atoms with Gasteiger partial charge in [0, 0.05) is 12.6 Å². The van der Waals surface area contributed by atoms with Gasteiger partial charge < -0.3 is 13.8 Å². The zero-order valence-electron chi connectivity index (χ0n) is 11.6. The van der Waals surface area contributed by atoms with Gasteiger partial charge in [-0.05, 0) is 25.1 Å². The Morgan fingerprint density at radius 3 is 3.00 bits per heavy atom. The van der Waals surface area contributed by atoms with Gasteiger partial charge >= 0.3 is 5.91 Å². The maximum Gasteiger partial charge on any atom is 0.318 e. The fraction of sp³-hybridized carbons (Fsp3) is 0.214. The van der Waals surface area contributed by atoms with Crippen LogP contribution in [0.2, 0.25) is 0 Å². The van der Waals surface area contributed by atoms with E-state index in [0.29, 0.717) is 4.80 Å². The molecule has 0 unspecified atom stereocenters. The molecule has 0 N–H and O–H groups in total. The molecule has 0 aliphatic heterocycles. The van der Waals surface area contributed by atoms with Crippen LogP contribution in [0, 0.1) is 0 Å². The van der Waals surface area contributed by atoms with Gasteiger partial charge in [0.25, 0.3) is 0 Å². The Labute approximate surface area is 124 Å². The van der Waals surface area contributed by atoms with Gasteiger partial charge in [0.15, 0.2) is 4.80 Å². The highest BCUT2D eigenvalue weighted by Gasteiger charge is 2.11. The summed E-state index contributed by atoms with van der Waals surface area (Å²) in [6.45, 7) is 2.73. The second kappa shape index (κ2) is 5.53. The van der Waals surface area contributed by atoms with E-state index in [1.54, 1.807) is 7.11 Å². The Kier molecular flexibility index (Phi) is 3.57. The molecule has 3 rings (SSSR count). The number of nitrogens with zero attached hydrogens (tertiary/aromatic N) is 3. The van der Waals surface area contributed by atoms with Gasteiger partial charge in [-0.15, -0.1) is 0 Å².